The van der Waals surface area contributed by atoms with Crippen molar-refractivity contribution in [2.45, 2.75) is 45.8 Å². The van der Waals surface area contributed by atoms with Gasteiger partial charge in [0, 0.05) is 27.3 Å². The minimum atomic E-state index is -0.458. The molecule has 1 fully saturated rings. The molecule has 0 aliphatic carbocycles. The number of rotatable bonds is 3. The first-order valence-electron chi connectivity index (χ1n) is 13.4. The summed E-state index contributed by atoms with van der Waals surface area (Å²) in [6, 6.07) is 28.8. The zero-order valence-electron chi connectivity index (χ0n) is 22.8. The summed E-state index contributed by atoms with van der Waals surface area (Å²) in [5.74, 6) is 0.671. The second-order valence-corrected chi connectivity index (χ2v) is 11.4. The second-order valence-electron chi connectivity index (χ2n) is 11.4. The lowest BCUT2D eigenvalue weighted by molar-refractivity contribution is 0.00578. The summed E-state index contributed by atoms with van der Waals surface area (Å²) >= 11 is 0. The van der Waals surface area contributed by atoms with Crippen molar-refractivity contribution in [3.8, 4) is 22.6 Å². The number of benzene rings is 4. The third kappa shape index (κ3) is 3.86. The van der Waals surface area contributed by atoms with Crippen molar-refractivity contribution < 1.29 is 13.7 Å². The SMILES string of the molecule is Cc1cc(-c2nc(-c3ccccc3)c3ccccc3n2)c2c(c1)oc1ccc(B3OC(C)(C)C(C)(C)O3)cc12. The molecule has 0 unspecified atom stereocenters. The van der Waals surface area contributed by atoms with Gasteiger partial charge in [-0.05, 0) is 69.9 Å². The number of fused-ring (bicyclic) bond motifs is 4. The van der Waals surface area contributed by atoms with E-state index in [1.165, 1.54) is 0 Å². The molecule has 39 heavy (non-hydrogen) atoms. The smallest absolute Gasteiger partial charge is 0.456 e. The van der Waals surface area contributed by atoms with Crippen LogP contribution in [0.15, 0.2) is 89.3 Å². The van der Waals surface area contributed by atoms with Gasteiger partial charge in [-0.25, -0.2) is 9.97 Å². The van der Waals surface area contributed by atoms with Crippen LogP contribution in [0.2, 0.25) is 0 Å². The van der Waals surface area contributed by atoms with Gasteiger partial charge in [0.2, 0.25) is 0 Å². The predicted octanol–water partition coefficient (Wildman–Crippen LogP) is 7.47. The van der Waals surface area contributed by atoms with E-state index in [0.29, 0.717) is 5.82 Å². The zero-order chi connectivity index (χ0) is 26.9. The highest BCUT2D eigenvalue weighted by molar-refractivity contribution is 6.62. The van der Waals surface area contributed by atoms with Crippen LogP contribution in [0.5, 0.6) is 0 Å². The summed E-state index contributed by atoms with van der Waals surface area (Å²) < 4.78 is 19.1. The molecule has 6 aromatic rings. The molecule has 1 saturated heterocycles. The van der Waals surface area contributed by atoms with Crippen molar-refractivity contribution in [3.63, 3.8) is 0 Å². The van der Waals surface area contributed by atoms with E-state index in [2.05, 4.69) is 71.0 Å². The van der Waals surface area contributed by atoms with Crippen molar-refractivity contribution >= 4 is 45.4 Å². The Hall–Kier alpha value is -4.00. The Morgan fingerprint density at radius 2 is 1.41 bits per heavy atom. The number of para-hydroxylation sites is 1. The highest BCUT2D eigenvalue weighted by Gasteiger charge is 2.51. The molecule has 0 N–H and O–H groups in total. The Morgan fingerprint density at radius 3 is 2.18 bits per heavy atom. The molecular formula is C33H29BN2O3. The van der Waals surface area contributed by atoms with Crippen LogP contribution < -0.4 is 5.46 Å². The van der Waals surface area contributed by atoms with Crippen LogP contribution in [0.25, 0.3) is 55.5 Å². The van der Waals surface area contributed by atoms with Gasteiger partial charge in [-0.3, -0.25) is 0 Å². The topological polar surface area (TPSA) is 57.4 Å². The van der Waals surface area contributed by atoms with Gasteiger partial charge in [-0.1, -0.05) is 60.7 Å². The lowest BCUT2D eigenvalue weighted by Gasteiger charge is -2.32. The Kier molecular flexibility index (Phi) is 5.25. The summed E-state index contributed by atoms with van der Waals surface area (Å²) in [6.07, 6.45) is 0. The lowest BCUT2D eigenvalue weighted by atomic mass is 9.78. The van der Waals surface area contributed by atoms with Crippen LogP contribution in [0.4, 0.5) is 0 Å². The van der Waals surface area contributed by atoms with Gasteiger partial charge in [-0.15, -0.1) is 0 Å². The summed E-state index contributed by atoms with van der Waals surface area (Å²) in [7, 11) is -0.458. The Morgan fingerprint density at radius 1 is 0.692 bits per heavy atom. The van der Waals surface area contributed by atoms with E-state index in [0.717, 1.165) is 60.7 Å². The number of hydrogen-bond donors (Lipinski definition) is 0. The van der Waals surface area contributed by atoms with Crippen LogP contribution in [0, 0.1) is 6.92 Å². The number of nitrogens with zero attached hydrogens (tertiary/aromatic N) is 2. The van der Waals surface area contributed by atoms with E-state index in [1.807, 2.05) is 48.5 Å². The van der Waals surface area contributed by atoms with E-state index in [1.54, 1.807) is 0 Å². The first-order valence-corrected chi connectivity index (χ1v) is 13.4. The average molecular weight is 512 g/mol. The van der Waals surface area contributed by atoms with Gasteiger partial charge in [0.05, 0.1) is 22.4 Å². The molecule has 1 aliphatic rings. The maximum Gasteiger partial charge on any atom is 0.494 e. The van der Waals surface area contributed by atoms with Crippen LogP contribution in [-0.4, -0.2) is 28.3 Å². The van der Waals surface area contributed by atoms with Crippen molar-refractivity contribution in [1.82, 2.24) is 9.97 Å². The molecule has 0 amide bonds. The van der Waals surface area contributed by atoms with E-state index in [4.69, 9.17) is 23.7 Å². The first-order chi connectivity index (χ1) is 18.7. The van der Waals surface area contributed by atoms with Crippen molar-refractivity contribution in [2.75, 3.05) is 0 Å². The quantitative estimate of drug-likeness (QED) is 0.230. The maximum atomic E-state index is 6.36. The largest absolute Gasteiger partial charge is 0.494 e. The fraction of sp³-hybridized carbons (Fsp3) is 0.212. The molecule has 5 nitrogen and oxygen atoms in total. The second kappa shape index (κ2) is 8.50. The normalized spacial score (nSPS) is 16.5. The molecule has 4 aromatic carbocycles. The number of aryl methyl sites for hydroxylation is 1. The maximum absolute atomic E-state index is 6.36. The molecule has 0 saturated carbocycles. The summed E-state index contributed by atoms with van der Waals surface area (Å²) in [4.78, 5) is 10.2. The third-order valence-corrected chi connectivity index (χ3v) is 8.16. The van der Waals surface area contributed by atoms with E-state index < -0.39 is 18.3 Å². The minimum Gasteiger partial charge on any atom is -0.456 e. The van der Waals surface area contributed by atoms with Gasteiger partial charge in [0.1, 0.15) is 11.2 Å². The lowest BCUT2D eigenvalue weighted by Crippen LogP contribution is -2.41. The van der Waals surface area contributed by atoms with Gasteiger partial charge in [-0.2, -0.15) is 0 Å². The highest BCUT2D eigenvalue weighted by Crippen LogP contribution is 2.40. The molecule has 0 spiro atoms. The molecule has 1 aliphatic heterocycles. The Balaban J connectivity index is 1.46. The zero-order valence-corrected chi connectivity index (χ0v) is 22.8. The van der Waals surface area contributed by atoms with Crippen LogP contribution in [0.1, 0.15) is 33.3 Å². The molecule has 0 atom stereocenters. The predicted molar refractivity (Wildman–Crippen MR) is 158 cm³/mol. The van der Waals surface area contributed by atoms with E-state index in [9.17, 15) is 0 Å². The molecule has 0 radical (unpaired) electrons. The van der Waals surface area contributed by atoms with Gasteiger partial charge < -0.3 is 13.7 Å². The van der Waals surface area contributed by atoms with E-state index in [-0.39, 0.29) is 0 Å². The monoisotopic (exact) mass is 512 g/mol. The first kappa shape index (κ1) is 24.1. The van der Waals surface area contributed by atoms with Gasteiger partial charge in [0.15, 0.2) is 5.82 Å². The molecule has 7 rings (SSSR count). The standard InChI is InChI=1S/C33H29BN2O3/c1-20-17-25(31-35-26-14-10-9-13-23(26)30(36-31)21-11-7-6-8-12-21)29-24-19-22(15-16-27(24)37-28(29)18-20)34-38-32(2,3)33(4,5)39-34/h6-19H,1-5H3. The third-order valence-electron chi connectivity index (χ3n) is 8.16. The van der Waals surface area contributed by atoms with Crippen molar-refractivity contribution in [2.24, 2.45) is 0 Å². The number of hydrogen-bond acceptors (Lipinski definition) is 5. The summed E-state index contributed by atoms with van der Waals surface area (Å²) in [5.41, 5.74) is 6.64. The molecule has 2 aromatic heterocycles. The highest BCUT2D eigenvalue weighted by atomic mass is 16.7. The van der Waals surface area contributed by atoms with Crippen LogP contribution in [-0.2, 0) is 9.31 Å². The molecule has 192 valence electrons. The van der Waals surface area contributed by atoms with Crippen LogP contribution >= 0.6 is 0 Å². The molecule has 3 heterocycles. The fourth-order valence-electron chi connectivity index (χ4n) is 5.38. The molecule has 0 bridgehead atoms. The molecule has 6 heteroatoms. The molecular weight excluding hydrogens is 483 g/mol. The average Bonchev–Trinajstić information content (AvgIpc) is 3.39. The minimum absolute atomic E-state index is 0.417. The summed E-state index contributed by atoms with van der Waals surface area (Å²) in [5, 5.41) is 3.00. The number of furan rings is 1. The Bertz CT molecular complexity index is 1880. The Labute approximate surface area is 227 Å². The van der Waals surface area contributed by atoms with Gasteiger partial charge in [0.25, 0.3) is 0 Å². The number of aromatic nitrogens is 2. The van der Waals surface area contributed by atoms with E-state index >= 15 is 0 Å². The van der Waals surface area contributed by atoms with Crippen molar-refractivity contribution in [1.29, 1.82) is 0 Å². The van der Waals surface area contributed by atoms with Crippen LogP contribution in [0.3, 0.4) is 0 Å². The summed E-state index contributed by atoms with van der Waals surface area (Å²) in [6.45, 7) is 10.4. The van der Waals surface area contributed by atoms with Crippen molar-refractivity contribution in [3.05, 3.63) is 90.5 Å². The fourth-order valence-corrected chi connectivity index (χ4v) is 5.38. The van der Waals surface area contributed by atoms with Gasteiger partial charge >= 0.3 is 7.12 Å².